The van der Waals surface area contributed by atoms with Crippen LogP contribution in [0.1, 0.15) is 22.3 Å². The first kappa shape index (κ1) is 36.2. The van der Waals surface area contributed by atoms with E-state index in [-0.39, 0.29) is 0 Å². The lowest BCUT2D eigenvalue weighted by molar-refractivity contribution is 0.442. The number of aromatic nitrogens is 3. The van der Waals surface area contributed by atoms with Crippen molar-refractivity contribution >= 4 is 21.7 Å². The van der Waals surface area contributed by atoms with Crippen LogP contribution in [0.2, 0.25) is 0 Å². The van der Waals surface area contributed by atoms with Gasteiger partial charge in [-0.25, -0.2) is 15.0 Å². The maximum absolute atomic E-state index is 7.15. The molecule has 0 N–H and O–H groups in total. The lowest BCUT2D eigenvalue weighted by atomic mass is 9.65. The molecule has 2 aliphatic rings. The van der Waals surface area contributed by atoms with E-state index in [9.17, 15) is 0 Å². The molecule has 0 radical (unpaired) electrons. The fourth-order valence-electron chi connectivity index (χ4n) is 10.3. The van der Waals surface area contributed by atoms with Gasteiger partial charge in [0.1, 0.15) is 11.5 Å². The molecular formula is C60H37N3O. The Labute approximate surface area is 370 Å². The van der Waals surface area contributed by atoms with Gasteiger partial charge in [0.05, 0.1) is 28.0 Å². The quantitative estimate of drug-likeness (QED) is 0.162. The summed E-state index contributed by atoms with van der Waals surface area (Å²) >= 11 is 0. The summed E-state index contributed by atoms with van der Waals surface area (Å²) in [5, 5.41) is 3.20. The minimum Gasteiger partial charge on any atom is -0.456 e. The number of rotatable bonds is 5. The molecule has 64 heavy (non-hydrogen) atoms. The Morgan fingerprint density at radius 2 is 0.859 bits per heavy atom. The summed E-state index contributed by atoms with van der Waals surface area (Å²) in [7, 11) is 0. The molecule has 13 rings (SSSR count). The van der Waals surface area contributed by atoms with Crippen LogP contribution in [0.4, 0.5) is 0 Å². The van der Waals surface area contributed by atoms with Crippen molar-refractivity contribution in [2.75, 3.05) is 0 Å². The summed E-state index contributed by atoms with van der Waals surface area (Å²) in [6.07, 6.45) is 0. The molecule has 0 saturated carbocycles. The maximum Gasteiger partial charge on any atom is 0.160 e. The SMILES string of the molecule is c1ccc(-c2cc(-c3ccc(-c4ccc(-c5nc6ccccc6c6c7c(ccc56)C5(c6ccccc6O7)c6ccccc6-c6ccccc65)cc4)cc3)nc(-c3ccccc3)n2)cc1. The number of fused-ring (bicyclic) bond motifs is 13. The van der Waals surface area contributed by atoms with Crippen LogP contribution >= 0.6 is 0 Å². The molecule has 0 unspecified atom stereocenters. The Bertz CT molecular complexity index is 3520. The molecule has 1 aliphatic carbocycles. The van der Waals surface area contributed by atoms with Crippen LogP contribution in [0, 0.1) is 0 Å². The summed E-state index contributed by atoms with van der Waals surface area (Å²) in [5.74, 6) is 2.46. The topological polar surface area (TPSA) is 47.9 Å². The van der Waals surface area contributed by atoms with Crippen LogP contribution < -0.4 is 4.74 Å². The zero-order valence-corrected chi connectivity index (χ0v) is 34.6. The van der Waals surface area contributed by atoms with Crippen LogP contribution in [-0.2, 0) is 5.41 Å². The van der Waals surface area contributed by atoms with E-state index >= 15 is 0 Å². The third-order valence-electron chi connectivity index (χ3n) is 13.2. The molecule has 11 aromatic rings. The highest BCUT2D eigenvalue weighted by molar-refractivity contribution is 6.15. The van der Waals surface area contributed by atoms with Crippen LogP contribution in [0.15, 0.2) is 224 Å². The lowest BCUT2D eigenvalue weighted by Crippen LogP contribution is -2.32. The molecule has 2 aromatic heterocycles. The van der Waals surface area contributed by atoms with Crippen molar-refractivity contribution in [3.63, 3.8) is 0 Å². The van der Waals surface area contributed by atoms with E-state index in [0.717, 1.165) is 94.8 Å². The normalized spacial score (nSPS) is 12.9. The average Bonchev–Trinajstić information content (AvgIpc) is 3.67. The van der Waals surface area contributed by atoms with Crippen LogP contribution in [0.3, 0.4) is 0 Å². The van der Waals surface area contributed by atoms with E-state index in [0.29, 0.717) is 5.82 Å². The predicted molar refractivity (Wildman–Crippen MR) is 259 cm³/mol. The van der Waals surface area contributed by atoms with Gasteiger partial charge in [-0.15, -0.1) is 0 Å². The van der Waals surface area contributed by atoms with Gasteiger partial charge in [-0.2, -0.15) is 0 Å². The smallest absolute Gasteiger partial charge is 0.160 e. The van der Waals surface area contributed by atoms with E-state index in [1.807, 2.05) is 36.4 Å². The average molecular weight is 816 g/mol. The highest BCUT2D eigenvalue weighted by Gasteiger charge is 2.51. The van der Waals surface area contributed by atoms with E-state index in [1.165, 1.54) is 22.3 Å². The second-order valence-electron chi connectivity index (χ2n) is 16.6. The largest absolute Gasteiger partial charge is 0.456 e. The molecule has 9 aromatic carbocycles. The highest BCUT2D eigenvalue weighted by Crippen LogP contribution is 2.63. The Kier molecular flexibility index (Phi) is 8.09. The molecule has 1 spiro atoms. The summed E-state index contributed by atoms with van der Waals surface area (Å²) in [5.41, 5.74) is 16.8. The molecule has 4 nitrogen and oxygen atoms in total. The second-order valence-corrected chi connectivity index (χ2v) is 16.6. The van der Waals surface area contributed by atoms with Gasteiger partial charge in [0.2, 0.25) is 0 Å². The van der Waals surface area contributed by atoms with Gasteiger partial charge in [-0.3, -0.25) is 0 Å². The highest BCUT2D eigenvalue weighted by atomic mass is 16.5. The molecule has 1 aliphatic heterocycles. The monoisotopic (exact) mass is 815 g/mol. The van der Waals surface area contributed by atoms with Crippen molar-refractivity contribution in [3.05, 3.63) is 247 Å². The summed E-state index contributed by atoms with van der Waals surface area (Å²) in [6, 6.07) is 79.4. The number of nitrogens with zero attached hydrogens (tertiary/aromatic N) is 3. The second kappa shape index (κ2) is 14.3. The molecule has 3 heterocycles. The van der Waals surface area contributed by atoms with E-state index in [2.05, 4.69) is 188 Å². The Morgan fingerprint density at radius 1 is 0.344 bits per heavy atom. The molecule has 298 valence electrons. The Balaban J connectivity index is 0.918. The fourth-order valence-corrected chi connectivity index (χ4v) is 10.3. The Hall–Kier alpha value is -8.47. The van der Waals surface area contributed by atoms with E-state index < -0.39 is 5.41 Å². The number of pyridine rings is 1. The number of hydrogen-bond acceptors (Lipinski definition) is 4. The van der Waals surface area contributed by atoms with Crippen LogP contribution in [-0.4, -0.2) is 15.0 Å². The van der Waals surface area contributed by atoms with Gasteiger partial charge >= 0.3 is 0 Å². The first-order valence-electron chi connectivity index (χ1n) is 21.8. The fraction of sp³-hybridized carbons (Fsp3) is 0.0167. The molecule has 0 fully saturated rings. The summed E-state index contributed by atoms with van der Waals surface area (Å²) in [6.45, 7) is 0. The number of hydrogen-bond donors (Lipinski definition) is 0. The minimum absolute atomic E-state index is 0.547. The molecule has 0 saturated heterocycles. The molecular weight excluding hydrogens is 779 g/mol. The van der Waals surface area contributed by atoms with Crippen molar-refractivity contribution < 1.29 is 4.74 Å². The standard InChI is InChI=1S/C60H37N3O/c1-3-15-40(16-4-1)53-37-54(63-59(62-53)43-17-5-2-6-18-43)41-31-27-38(28-32-41)39-29-33-42(34-30-39)57-47-35-36-51-58(56(47)46-21-9-13-25-52(46)61-57)64-55-26-14-12-24-50(55)60(51)48-22-10-7-19-44(48)45-20-8-11-23-49(45)60/h1-37H. The van der Waals surface area contributed by atoms with Gasteiger partial charge in [-0.05, 0) is 51.6 Å². The predicted octanol–water partition coefficient (Wildman–Crippen LogP) is 15.0. The van der Waals surface area contributed by atoms with Gasteiger partial charge in [0.25, 0.3) is 0 Å². The summed E-state index contributed by atoms with van der Waals surface area (Å²) in [4.78, 5) is 15.4. The minimum atomic E-state index is -0.547. The third-order valence-corrected chi connectivity index (χ3v) is 13.2. The number of benzene rings is 9. The van der Waals surface area contributed by atoms with Gasteiger partial charge < -0.3 is 4.74 Å². The molecule has 0 atom stereocenters. The zero-order chi connectivity index (χ0) is 42.2. The van der Waals surface area contributed by atoms with Crippen molar-refractivity contribution in [3.8, 4) is 78.9 Å². The van der Waals surface area contributed by atoms with Gasteiger partial charge in [-0.1, -0.05) is 206 Å². The first-order chi connectivity index (χ1) is 31.7. The van der Waals surface area contributed by atoms with Crippen molar-refractivity contribution in [2.45, 2.75) is 5.41 Å². The van der Waals surface area contributed by atoms with Crippen LogP contribution in [0.5, 0.6) is 11.5 Å². The van der Waals surface area contributed by atoms with E-state index in [4.69, 9.17) is 19.7 Å². The van der Waals surface area contributed by atoms with Gasteiger partial charge in [0, 0.05) is 49.5 Å². The van der Waals surface area contributed by atoms with Crippen molar-refractivity contribution in [2.24, 2.45) is 0 Å². The van der Waals surface area contributed by atoms with Crippen LogP contribution in [0.25, 0.3) is 89.1 Å². The van der Waals surface area contributed by atoms with Crippen molar-refractivity contribution in [1.82, 2.24) is 15.0 Å². The molecule has 0 amide bonds. The van der Waals surface area contributed by atoms with Crippen molar-refractivity contribution in [1.29, 1.82) is 0 Å². The maximum atomic E-state index is 7.15. The number of ether oxygens (including phenoxy) is 1. The summed E-state index contributed by atoms with van der Waals surface area (Å²) < 4.78 is 7.15. The van der Waals surface area contributed by atoms with E-state index in [1.54, 1.807) is 0 Å². The number of para-hydroxylation sites is 2. The molecule has 0 bridgehead atoms. The third kappa shape index (κ3) is 5.46. The Morgan fingerprint density at radius 3 is 1.53 bits per heavy atom. The zero-order valence-electron chi connectivity index (χ0n) is 34.6. The molecule has 4 heteroatoms. The first-order valence-corrected chi connectivity index (χ1v) is 21.8. The van der Waals surface area contributed by atoms with Gasteiger partial charge in [0.15, 0.2) is 5.82 Å². The lowest BCUT2D eigenvalue weighted by Gasteiger charge is -2.40.